The molecule has 0 fully saturated rings. The predicted molar refractivity (Wildman–Crippen MR) is 70.0 cm³/mol. The molecule has 18 heavy (non-hydrogen) atoms. The summed E-state index contributed by atoms with van der Waals surface area (Å²) < 4.78 is 4.91. The molecule has 1 amide bonds. The Morgan fingerprint density at radius 3 is 2.94 bits per heavy atom. The summed E-state index contributed by atoms with van der Waals surface area (Å²) in [6.07, 6.45) is 3.03. The van der Waals surface area contributed by atoms with Crippen molar-refractivity contribution in [1.82, 2.24) is 9.88 Å². The fourth-order valence-electron chi connectivity index (χ4n) is 1.59. The number of carbonyl (C=O) groups excluding carboxylic acids is 1. The molecular weight excluding hydrogens is 230 g/mol. The van der Waals surface area contributed by atoms with Crippen molar-refractivity contribution in [3.63, 3.8) is 0 Å². The normalized spacial score (nSPS) is 12.2. The molecule has 1 atom stereocenters. The third kappa shape index (κ3) is 4.81. The Kier molecular flexibility index (Phi) is 6.32. The average Bonchev–Trinajstić information content (AvgIpc) is 2.42. The second kappa shape index (κ2) is 7.79. The molecule has 1 heterocycles. The van der Waals surface area contributed by atoms with Crippen LogP contribution in [0.25, 0.3) is 0 Å². The lowest BCUT2D eigenvalue weighted by Gasteiger charge is -2.21. The quantitative estimate of drug-likeness (QED) is 0.764. The van der Waals surface area contributed by atoms with Gasteiger partial charge in [0.05, 0.1) is 6.04 Å². The minimum Gasteiger partial charge on any atom is -0.385 e. The van der Waals surface area contributed by atoms with Crippen LogP contribution in [0.5, 0.6) is 0 Å². The van der Waals surface area contributed by atoms with Crippen LogP contribution in [0.3, 0.4) is 0 Å². The van der Waals surface area contributed by atoms with E-state index in [9.17, 15) is 4.79 Å². The first kappa shape index (κ1) is 14.6. The molecule has 100 valence electrons. The van der Waals surface area contributed by atoms with E-state index >= 15 is 0 Å². The first-order valence-electron chi connectivity index (χ1n) is 6.04. The van der Waals surface area contributed by atoms with Crippen molar-refractivity contribution < 1.29 is 9.53 Å². The number of nitrogens with zero attached hydrogens (tertiary/aromatic N) is 2. The van der Waals surface area contributed by atoms with Gasteiger partial charge >= 0.3 is 0 Å². The Hall–Kier alpha value is -1.46. The van der Waals surface area contributed by atoms with E-state index < -0.39 is 6.04 Å². The number of hydrogen-bond donors (Lipinski definition) is 1. The van der Waals surface area contributed by atoms with Gasteiger partial charge in [0.15, 0.2) is 0 Å². The lowest BCUT2D eigenvalue weighted by molar-refractivity contribution is -0.131. The van der Waals surface area contributed by atoms with E-state index in [0.717, 1.165) is 12.1 Å². The van der Waals surface area contributed by atoms with Crippen LogP contribution in [-0.4, -0.2) is 49.1 Å². The second-order valence-electron chi connectivity index (χ2n) is 4.22. The monoisotopic (exact) mass is 251 g/mol. The molecule has 1 rings (SSSR count). The smallest absolute Gasteiger partial charge is 0.239 e. The second-order valence-corrected chi connectivity index (χ2v) is 4.22. The molecule has 0 aliphatic rings. The molecule has 2 N–H and O–H groups in total. The Balaban J connectivity index is 2.35. The first-order chi connectivity index (χ1) is 8.65. The molecule has 0 spiro atoms. The van der Waals surface area contributed by atoms with E-state index in [-0.39, 0.29) is 5.91 Å². The van der Waals surface area contributed by atoms with Crippen molar-refractivity contribution in [1.29, 1.82) is 0 Å². The van der Waals surface area contributed by atoms with Crippen LogP contribution >= 0.6 is 0 Å². The number of pyridine rings is 1. The molecule has 1 aromatic heterocycles. The number of aromatic nitrogens is 1. The number of amides is 1. The summed E-state index contributed by atoms with van der Waals surface area (Å²) in [6.45, 7) is 1.12. The molecule has 0 aliphatic heterocycles. The molecular formula is C13H21N3O2. The molecule has 0 aromatic carbocycles. The van der Waals surface area contributed by atoms with Crippen molar-refractivity contribution in [3.05, 3.63) is 30.1 Å². The zero-order valence-electron chi connectivity index (χ0n) is 11.0. The highest BCUT2D eigenvalue weighted by Crippen LogP contribution is 2.00. The number of nitrogens with two attached hydrogens (primary N) is 1. The van der Waals surface area contributed by atoms with Crippen molar-refractivity contribution in [2.75, 3.05) is 27.3 Å². The van der Waals surface area contributed by atoms with E-state index in [1.807, 2.05) is 18.2 Å². The average molecular weight is 251 g/mol. The van der Waals surface area contributed by atoms with Crippen molar-refractivity contribution in [2.45, 2.75) is 18.9 Å². The largest absolute Gasteiger partial charge is 0.385 e. The van der Waals surface area contributed by atoms with Gasteiger partial charge in [0.25, 0.3) is 0 Å². The highest BCUT2D eigenvalue weighted by atomic mass is 16.5. The van der Waals surface area contributed by atoms with E-state index in [4.69, 9.17) is 10.5 Å². The lowest BCUT2D eigenvalue weighted by atomic mass is 10.2. The van der Waals surface area contributed by atoms with Crippen LogP contribution in [0, 0.1) is 0 Å². The number of methoxy groups -OCH3 is 1. The van der Waals surface area contributed by atoms with Crippen LogP contribution < -0.4 is 5.73 Å². The third-order valence-electron chi connectivity index (χ3n) is 2.76. The molecule has 0 saturated heterocycles. The topological polar surface area (TPSA) is 68.5 Å². The minimum atomic E-state index is -0.487. The Labute approximate surface area is 108 Å². The van der Waals surface area contributed by atoms with Gasteiger partial charge in [-0.05, 0) is 18.6 Å². The maximum absolute atomic E-state index is 11.9. The third-order valence-corrected chi connectivity index (χ3v) is 2.76. The maximum atomic E-state index is 11.9. The molecule has 5 heteroatoms. The van der Waals surface area contributed by atoms with Gasteiger partial charge in [0.2, 0.25) is 5.91 Å². The molecule has 1 aromatic rings. The van der Waals surface area contributed by atoms with Crippen molar-refractivity contribution in [2.24, 2.45) is 5.73 Å². The fourth-order valence-corrected chi connectivity index (χ4v) is 1.59. The minimum absolute atomic E-state index is 0.0528. The van der Waals surface area contributed by atoms with E-state index in [1.165, 1.54) is 0 Å². The summed E-state index contributed by atoms with van der Waals surface area (Å²) in [5.41, 5.74) is 6.76. The summed E-state index contributed by atoms with van der Waals surface area (Å²) >= 11 is 0. The zero-order valence-corrected chi connectivity index (χ0v) is 11.0. The number of carbonyl (C=O) groups is 1. The van der Waals surface area contributed by atoms with Gasteiger partial charge in [-0.1, -0.05) is 6.07 Å². The summed E-state index contributed by atoms with van der Waals surface area (Å²) in [7, 11) is 3.36. The maximum Gasteiger partial charge on any atom is 0.239 e. The number of likely N-dealkylation sites (N-methyl/N-ethyl adjacent to an activating group) is 1. The summed E-state index contributed by atoms with van der Waals surface area (Å²) in [4.78, 5) is 17.8. The van der Waals surface area contributed by atoms with E-state index in [2.05, 4.69) is 4.98 Å². The molecule has 5 nitrogen and oxygen atoms in total. The van der Waals surface area contributed by atoms with Gasteiger partial charge in [-0.15, -0.1) is 0 Å². The summed E-state index contributed by atoms with van der Waals surface area (Å²) in [5.74, 6) is -0.0528. The molecule has 0 saturated carbocycles. The highest BCUT2D eigenvalue weighted by molar-refractivity contribution is 5.81. The van der Waals surface area contributed by atoms with Crippen LogP contribution in [-0.2, 0) is 16.0 Å². The van der Waals surface area contributed by atoms with Crippen LogP contribution in [0.1, 0.15) is 12.1 Å². The van der Waals surface area contributed by atoms with E-state index in [0.29, 0.717) is 19.6 Å². The number of rotatable bonds is 7. The molecule has 0 aliphatic carbocycles. The van der Waals surface area contributed by atoms with Crippen LogP contribution in [0.4, 0.5) is 0 Å². The zero-order chi connectivity index (χ0) is 13.4. The number of ether oxygens (including phenoxy) is 1. The van der Waals surface area contributed by atoms with Crippen LogP contribution in [0.15, 0.2) is 24.4 Å². The molecule has 0 radical (unpaired) electrons. The van der Waals surface area contributed by atoms with Gasteiger partial charge in [0.1, 0.15) is 0 Å². The Morgan fingerprint density at radius 2 is 2.33 bits per heavy atom. The van der Waals surface area contributed by atoms with Gasteiger partial charge in [-0.25, -0.2) is 0 Å². The van der Waals surface area contributed by atoms with Gasteiger partial charge in [-0.2, -0.15) is 0 Å². The van der Waals surface area contributed by atoms with Gasteiger partial charge < -0.3 is 15.4 Å². The molecule has 1 unspecified atom stereocenters. The number of hydrogen-bond acceptors (Lipinski definition) is 4. The predicted octanol–water partition coefficient (Wildman–Crippen LogP) is 0.446. The molecule has 0 bridgehead atoms. The van der Waals surface area contributed by atoms with Crippen LogP contribution in [0.2, 0.25) is 0 Å². The first-order valence-corrected chi connectivity index (χ1v) is 6.04. The van der Waals surface area contributed by atoms with Crippen molar-refractivity contribution in [3.8, 4) is 0 Å². The van der Waals surface area contributed by atoms with Gasteiger partial charge in [-0.3, -0.25) is 9.78 Å². The highest BCUT2D eigenvalue weighted by Gasteiger charge is 2.17. The standard InChI is InChI=1S/C13H21N3O2/c1-16(13(17)12(14)7-10-18-2)9-6-11-5-3-4-8-15-11/h3-5,8,12H,6-7,9-10,14H2,1-2H3. The van der Waals surface area contributed by atoms with Crippen molar-refractivity contribution >= 4 is 5.91 Å². The van der Waals surface area contributed by atoms with Gasteiger partial charge in [0, 0.05) is 45.6 Å². The SMILES string of the molecule is COCCC(N)C(=O)N(C)CCc1ccccn1. The Morgan fingerprint density at radius 1 is 1.56 bits per heavy atom. The lowest BCUT2D eigenvalue weighted by Crippen LogP contribution is -2.43. The Bertz CT molecular complexity index is 357. The summed E-state index contributed by atoms with van der Waals surface area (Å²) in [6, 6.07) is 5.27. The fraction of sp³-hybridized carbons (Fsp3) is 0.538. The summed E-state index contributed by atoms with van der Waals surface area (Å²) in [5, 5.41) is 0. The van der Waals surface area contributed by atoms with E-state index in [1.54, 1.807) is 25.3 Å².